The Labute approximate surface area is 114 Å². The van der Waals surface area contributed by atoms with E-state index in [4.69, 9.17) is 5.26 Å². The molecule has 7 heteroatoms. The molecule has 0 saturated carbocycles. The summed E-state index contributed by atoms with van der Waals surface area (Å²) in [5, 5.41) is 19.4. The van der Waals surface area contributed by atoms with Crippen molar-refractivity contribution in [2.45, 2.75) is 12.8 Å². The van der Waals surface area contributed by atoms with Crippen molar-refractivity contribution in [3.8, 4) is 6.07 Å². The number of rotatable bonds is 2. The zero-order valence-corrected chi connectivity index (χ0v) is 10.6. The van der Waals surface area contributed by atoms with E-state index in [0.717, 1.165) is 25.0 Å². The van der Waals surface area contributed by atoms with E-state index in [1.165, 1.54) is 11.0 Å². The van der Waals surface area contributed by atoms with Crippen LogP contribution >= 0.6 is 0 Å². The summed E-state index contributed by atoms with van der Waals surface area (Å²) >= 11 is 0. The summed E-state index contributed by atoms with van der Waals surface area (Å²) in [6.07, 6.45) is 1.47. The topological polar surface area (TPSA) is 87.2 Å². The summed E-state index contributed by atoms with van der Waals surface area (Å²) in [5.41, 5.74) is -0.596. The minimum Gasteiger partial charge on any atom is -0.337 e. The van der Waals surface area contributed by atoms with E-state index in [9.17, 15) is 19.3 Å². The summed E-state index contributed by atoms with van der Waals surface area (Å²) in [5.74, 6) is -1.65. The van der Waals surface area contributed by atoms with Gasteiger partial charge in [0.1, 0.15) is 0 Å². The predicted octanol–water partition coefficient (Wildman–Crippen LogP) is 2.11. The van der Waals surface area contributed by atoms with Gasteiger partial charge in [-0.25, -0.2) is 0 Å². The second kappa shape index (κ2) is 5.65. The lowest BCUT2D eigenvalue weighted by atomic mass is 9.99. The van der Waals surface area contributed by atoms with Crippen LogP contribution in [0.4, 0.5) is 10.1 Å². The molecule has 1 aromatic rings. The van der Waals surface area contributed by atoms with Crippen molar-refractivity contribution < 1.29 is 14.1 Å². The SMILES string of the molecule is N#CC1CCCN(C(=O)c2ccc([N+](=O)[O-])c(F)c2)C1. The lowest BCUT2D eigenvalue weighted by Crippen LogP contribution is -2.39. The zero-order valence-electron chi connectivity index (χ0n) is 10.6. The number of piperidine rings is 1. The van der Waals surface area contributed by atoms with Gasteiger partial charge in [0.25, 0.3) is 5.91 Å². The Morgan fingerprint density at radius 1 is 1.55 bits per heavy atom. The second-order valence-corrected chi connectivity index (χ2v) is 4.64. The highest BCUT2D eigenvalue weighted by Gasteiger charge is 2.25. The average Bonchev–Trinajstić information content (AvgIpc) is 2.46. The molecule has 0 radical (unpaired) electrons. The Morgan fingerprint density at radius 2 is 2.30 bits per heavy atom. The van der Waals surface area contributed by atoms with Gasteiger partial charge in [-0.1, -0.05) is 0 Å². The number of hydrogen-bond donors (Lipinski definition) is 0. The summed E-state index contributed by atoms with van der Waals surface area (Å²) < 4.78 is 13.5. The van der Waals surface area contributed by atoms with Crippen LogP contribution in [0, 0.1) is 33.2 Å². The molecule has 6 nitrogen and oxygen atoms in total. The van der Waals surface area contributed by atoms with Gasteiger partial charge < -0.3 is 4.90 Å². The van der Waals surface area contributed by atoms with E-state index >= 15 is 0 Å². The number of carbonyl (C=O) groups excluding carboxylic acids is 1. The molecule has 1 heterocycles. The number of nitrogens with zero attached hydrogens (tertiary/aromatic N) is 3. The molecule has 0 aromatic heterocycles. The van der Waals surface area contributed by atoms with E-state index in [1.807, 2.05) is 0 Å². The van der Waals surface area contributed by atoms with Crippen LogP contribution in [-0.4, -0.2) is 28.8 Å². The van der Waals surface area contributed by atoms with Gasteiger partial charge in [-0.15, -0.1) is 0 Å². The highest BCUT2D eigenvalue weighted by molar-refractivity contribution is 5.94. The van der Waals surface area contributed by atoms with Crippen LogP contribution in [0.25, 0.3) is 0 Å². The van der Waals surface area contributed by atoms with Crippen LogP contribution in [0.2, 0.25) is 0 Å². The first-order valence-electron chi connectivity index (χ1n) is 6.15. The van der Waals surface area contributed by atoms with Crippen molar-refractivity contribution in [1.82, 2.24) is 4.90 Å². The third-order valence-electron chi connectivity index (χ3n) is 3.28. The average molecular weight is 277 g/mol. The Balaban J connectivity index is 2.19. The number of nitro groups is 1. The first-order chi connectivity index (χ1) is 9.52. The highest BCUT2D eigenvalue weighted by atomic mass is 19.1. The quantitative estimate of drug-likeness (QED) is 0.611. The summed E-state index contributed by atoms with van der Waals surface area (Å²) in [6, 6.07) is 5.21. The first-order valence-corrected chi connectivity index (χ1v) is 6.15. The van der Waals surface area contributed by atoms with E-state index in [1.54, 1.807) is 0 Å². The second-order valence-electron chi connectivity index (χ2n) is 4.64. The lowest BCUT2D eigenvalue weighted by molar-refractivity contribution is -0.387. The molecule has 0 spiro atoms. The number of nitro benzene ring substituents is 1. The van der Waals surface area contributed by atoms with E-state index in [-0.39, 0.29) is 11.5 Å². The van der Waals surface area contributed by atoms with Crippen molar-refractivity contribution >= 4 is 11.6 Å². The number of nitriles is 1. The van der Waals surface area contributed by atoms with Gasteiger partial charge in [-0.3, -0.25) is 14.9 Å². The maximum absolute atomic E-state index is 13.5. The zero-order chi connectivity index (χ0) is 14.7. The molecule has 1 saturated heterocycles. The van der Waals surface area contributed by atoms with Gasteiger partial charge in [0.05, 0.1) is 16.9 Å². The Bertz CT molecular complexity index is 597. The van der Waals surface area contributed by atoms with Crippen LogP contribution in [0.15, 0.2) is 18.2 Å². The van der Waals surface area contributed by atoms with Gasteiger partial charge in [-0.05, 0) is 25.0 Å². The van der Waals surface area contributed by atoms with E-state index in [0.29, 0.717) is 13.1 Å². The first kappa shape index (κ1) is 13.9. The number of amides is 1. The molecule has 0 bridgehead atoms. The summed E-state index contributed by atoms with van der Waals surface area (Å²) in [4.78, 5) is 23.3. The molecule has 1 aliphatic heterocycles. The van der Waals surface area contributed by atoms with Crippen molar-refractivity contribution in [1.29, 1.82) is 5.26 Å². The molecule has 0 aliphatic carbocycles. The third kappa shape index (κ3) is 2.74. The normalized spacial score (nSPS) is 18.4. The van der Waals surface area contributed by atoms with E-state index in [2.05, 4.69) is 6.07 Å². The van der Waals surface area contributed by atoms with Crippen molar-refractivity contribution in [3.63, 3.8) is 0 Å². The molecule has 104 valence electrons. The lowest BCUT2D eigenvalue weighted by Gasteiger charge is -2.29. The van der Waals surface area contributed by atoms with Gasteiger partial charge in [0.15, 0.2) is 0 Å². The molecule has 1 aliphatic rings. The Morgan fingerprint density at radius 3 is 2.90 bits per heavy atom. The fourth-order valence-electron chi connectivity index (χ4n) is 2.24. The molecule has 1 amide bonds. The van der Waals surface area contributed by atoms with Gasteiger partial charge in [0.2, 0.25) is 5.82 Å². The van der Waals surface area contributed by atoms with Gasteiger partial charge >= 0.3 is 5.69 Å². The van der Waals surface area contributed by atoms with Crippen molar-refractivity contribution in [2.75, 3.05) is 13.1 Å². The Hall–Kier alpha value is -2.49. The van der Waals surface area contributed by atoms with Crippen molar-refractivity contribution in [2.24, 2.45) is 5.92 Å². The summed E-state index contributed by atoms with van der Waals surface area (Å²) in [6.45, 7) is 0.823. The molecule has 0 N–H and O–H groups in total. The highest BCUT2D eigenvalue weighted by Crippen LogP contribution is 2.21. The number of halogens is 1. The minimum absolute atomic E-state index is 0.0617. The Kier molecular flexibility index (Phi) is 3.94. The maximum atomic E-state index is 13.5. The minimum atomic E-state index is -1.03. The molecular weight excluding hydrogens is 265 g/mol. The molecule has 1 unspecified atom stereocenters. The van der Waals surface area contributed by atoms with Gasteiger partial charge in [0, 0.05) is 24.7 Å². The van der Waals surface area contributed by atoms with Crippen LogP contribution in [-0.2, 0) is 0 Å². The molecule has 1 atom stereocenters. The van der Waals surface area contributed by atoms with Crippen LogP contribution < -0.4 is 0 Å². The molecular formula is C13H12FN3O3. The molecule has 1 fully saturated rings. The largest absolute Gasteiger partial charge is 0.337 e. The van der Waals surface area contributed by atoms with Crippen molar-refractivity contribution in [3.05, 3.63) is 39.7 Å². The number of likely N-dealkylation sites (tertiary alicyclic amines) is 1. The van der Waals surface area contributed by atoms with Crippen LogP contribution in [0.1, 0.15) is 23.2 Å². The number of carbonyl (C=O) groups is 1. The van der Waals surface area contributed by atoms with Crippen LogP contribution in [0.5, 0.6) is 0 Å². The molecule has 2 rings (SSSR count). The number of hydrogen-bond acceptors (Lipinski definition) is 4. The smallest absolute Gasteiger partial charge is 0.304 e. The fraction of sp³-hybridized carbons (Fsp3) is 0.385. The summed E-state index contributed by atoms with van der Waals surface area (Å²) in [7, 11) is 0. The molecule has 1 aromatic carbocycles. The van der Waals surface area contributed by atoms with Gasteiger partial charge in [-0.2, -0.15) is 9.65 Å². The monoisotopic (exact) mass is 277 g/mol. The number of benzene rings is 1. The fourth-order valence-corrected chi connectivity index (χ4v) is 2.24. The third-order valence-corrected chi connectivity index (χ3v) is 3.28. The molecule has 20 heavy (non-hydrogen) atoms. The predicted molar refractivity (Wildman–Crippen MR) is 67.3 cm³/mol. The maximum Gasteiger partial charge on any atom is 0.304 e. The standard InChI is InChI=1S/C13H12FN3O3/c14-11-6-10(3-4-12(11)17(19)20)13(18)16-5-1-2-9(7-15)8-16/h3-4,6,9H,1-2,5,8H2. The van der Waals surface area contributed by atoms with Crippen LogP contribution in [0.3, 0.4) is 0 Å². The van der Waals surface area contributed by atoms with E-state index < -0.39 is 22.3 Å².